The molecule has 1 saturated carbocycles. The summed E-state index contributed by atoms with van der Waals surface area (Å²) in [4.78, 5) is 13.6. The molecule has 0 bridgehead atoms. The van der Waals surface area contributed by atoms with Crippen LogP contribution in [-0.4, -0.2) is 12.9 Å². The second-order valence-electron chi connectivity index (χ2n) is 11.0. The largest absolute Gasteiger partial charge is 0.497 e. The molecule has 3 heteroatoms. The van der Waals surface area contributed by atoms with Gasteiger partial charge in [0.25, 0.3) is 0 Å². The van der Waals surface area contributed by atoms with E-state index in [1.54, 1.807) is 29.6 Å². The molecule has 0 aliphatic heterocycles. The van der Waals surface area contributed by atoms with Gasteiger partial charge in [-0.1, -0.05) is 43.3 Å². The molecule has 1 fully saturated rings. The van der Waals surface area contributed by atoms with Crippen LogP contribution in [-0.2, 0) is 18.3 Å². The van der Waals surface area contributed by atoms with Crippen LogP contribution in [0.25, 0.3) is 10.1 Å². The monoisotopic (exact) mass is 478 g/mol. The zero-order chi connectivity index (χ0) is 23.7. The van der Waals surface area contributed by atoms with E-state index in [0.717, 1.165) is 29.7 Å². The number of hydrogen-bond donors (Lipinski definition) is 0. The lowest BCUT2D eigenvalue weighted by molar-refractivity contribution is 0.104. The van der Waals surface area contributed by atoms with Gasteiger partial charge in [0, 0.05) is 15.8 Å². The summed E-state index contributed by atoms with van der Waals surface area (Å²) in [6, 6.07) is 21.1. The fourth-order valence-corrected chi connectivity index (χ4v) is 8.79. The first kappa shape index (κ1) is 21.4. The van der Waals surface area contributed by atoms with Gasteiger partial charge >= 0.3 is 0 Å². The fourth-order valence-electron chi connectivity index (χ4n) is 7.88. The molecule has 0 amide bonds. The molecule has 0 spiro atoms. The summed E-state index contributed by atoms with van der Waals surface area (Å²) in [5.41, 5.74) is 7.87. The van der Waals surface area contributed by atoms with Crippen molar-refractivity contribution in [3.05, 3.63) is 99.4 Å². The molecular formula is C32H30O2S. The van der Waals surface area contributed by atoms with E-state index >= 15 is 0 Å². The number of benzene rings is 3. The summed E-state index contributed by atoms with van der Waals surface area (Å²) in [6.45, 7) is 2.53. The van der Waals surface area contributed by atoms with Crippen LogP contribution in [0.3, 0.4) is 0 Å². The number of ether oxygens (including phenoxy) is 1. The van der Waals surface area contributed by atoms with Crippen molar-refractivity contribution in [3.63, 3.8) is 0 Å². The maximum atomic E-state index is 13.6. The molecule has 1 heterocycles. The molecule has 0 saturated heterocycles. The van der Waals surface area contributed by atoms with E-state index < -0.39 is 0 Å². The molecule has 4 atom stereocenters. The molecule has 0 N–H and O–H groups in total. The lowest BCUT2D eigenvalue weighted by atomic mass is 9.54. The van der Waals surface area contributed by atoms with Crippen molar-refractivity contribution in [2.24, 2.45) is 11.8 Å². The Hall–Kier alpha value is -2.91. The Labute approximate surface area is 211 Å². The third-order valence-electron chi connectivity index (χ3n) is 9.43. The molecule has 3 aliphatic carbocycles. The highest BCUT2D eigenvalue weighted by Gasteiger charge is 2.53. The average Bonchev–Trinajstić information content (AvgIpc) is 3.49. The Morgan fingerprint density at radius 1 is 1.03 bits per heavy atom. The van der Waals surface area contributed by atoms with Gasteiger partial charge in [-0.25, -0.2) is 0 Å². The first-order valence-electron chi connectivity index (χ1n) is 12.9. The van der Waals surface area contributed by atoms with E-state index in [-0.39, 0.29) is 11.2 Å². The average molecular weight is 479 g/mol. The summed E-state index contributed by atoms with van der Waals surface area (Å²) in [7, 11) is 1.76. The highest BCUT2D eigenvalue weighted by molar-refractivity contribution is 7.17. The van der Waals surface area contributed by atoms with E-state index in [2.05, 4.69) is 42.6 Å². The van der Waals surface area contributed by atoms with Gasteiger partial charge < -0.3 is 4.74 Å². The fraction of sp³-hybridized carbons (Fsp3) is 0.344. The predicted molar refractivity (Wildman–Crippen MR) is 143 cm³/mol. The van der Waals surface area contributed by atoms with Crippen molar-refractivity contribution < 1.29 is 9.53 Å². The Balaban J connectivity index is 1.31. The third-order valence-corrected chi connectivity index (χ3v) is 10.4. The summed E-state index contributed by atoms with van der Waals surface area (Å²) >= 11 is 1.73. The lowest BCUT2D eigenvalue weighted by Crippen LogP contribution is -2.43. The van der Waals surface area contributed by atoms with Crippen LogP contribution < -0.4 is 4.74 Å². The lowest BCUT2D eigenvalue weighted by Gasteiger charge is -2.49. The van der Waals surface area contributed by atoms with Crippen LogP contribution in [0.15, 0.2) is 66.0 Å². The number of thiophene rings is 1. The van der Waals surface area contributed by atoms with Crippen LogP contribution in [0, 0.1) is 11.8 Å². The number of rotatable bonds is 3. The number of fused-ring (bicyclic) bond motifs is 9. The third kappa shape index (κ3) is 3.04. The van der Waals surface area contributed by atoms with Crippen molar-refractivity contribution in [2.45, 2.75) is 50.4 Å². The molecule has 4 aromatic rings. The summed E-state index contributed by atoms with van der Waals surface area (Å²) in [5, 5.41) is 3.51. The van der Waals surface area contributed by atoms with Gasteiger partial charge in [0.15, 0.2) is 5.78 Å². The molecule has 2 nitrogen and oxygen atoms in total. The first-order valence-corrected chi connectivity index (χ1v) is 13.8. The minimum atomic E-state index is 0.152. The Morgan fingerprint density at radius 3 is 2.71 bits per heavy atom. The Bertz CT molecular complexity index is 1470. The minimum absolute atomic E-state index is 0.152. The zero-order valence-corrected chi connectivity index (χ0v) is 21.2. The number of methoxy groups -OCH3 is 1. The molecule has 0 radical (unpaired) electrons. The number of ketones is 1. The SMILES string of the molecule is COc1ccc2c(c1)CC[C@@H]1[C@@H]2CC[C@]2(C)c3c(cc(C(=O)c4ccccc4)c4sccc34)C[C@@H]12. The van der Waals surface area contributed by atoms with Gasteiger partial charge in [0.05, 0.1) is 7.11 Å². The van der Waals surface area contributed by atoms with E-state index in [1.165, 1.54) is 40.5 Å². The molecule has 35 heavy (non-hydrogen) atoms. The van der Waals surface area contributed by atoms with Crippen LogP contribution in [0.5, 0.6) is 5.75 Å². The van der Waals surface area contributed by atoms with E-state index in [0.29, 0.717) is 17.8 Å². The maximum Gasteiger partial charge on any atom is 0.194 e. The quantitative estimate of drug-likeness (QED) is 0.282. The van der Waals surface area contributed by atoms with E-state index in [4.69, 9.17) is 4.74 Å². The smallest absolute Gasteiger partial charge is 0.194 e. The molecule has 1 aromatic heterocycles. The van der Waals surface area contributed by atoms with Crippen LogP contribution in [0.2, 0.25) is 0 Å². The molecule has 176 valence electrons. The predicted octanol–water partition coefficient (Wildman–Crippen LogP) is 7.71. The second-order valence-corrected chi connectivity index (χ2v) is 11.9. The van der Waals surface area contributed by atoms with Crippen molar-refractivity contribution >= 4 is 27.2 Å². The summed E-state index contributed by atoms with van der Waals surface area (Å²) < 4.78 is 6.68. The van der Waals surface area contributed by atoms with Crippen molar-refractivity contribution in [2.75, 3.05) is 7.11 Å². The second kappa shape index (κ2) is 7.80. The van der Waals surface area contributed by atoms with Crippen LogP contribution >= 0.6 is 11.3 Å². The standard InChI is InChI=1S/C32H30O2S/c1-32-14-12-24-23-11-9-22(34-2)16-20(23)8-10-25(24)28(32)18-21-17-27(30(33)19-6-4-3-5-7-19)31-26(29(21)32)13-15-35-31/h3-7,9,11,13,15-17,24-25,28H,8,10,12,14,18H2,1-2H3/t24-,25-,28+,32+/m1/s1. The van der Waals surface area contributed by atoms with Gasteiger partial charge in [0.2, 0.25) is 0 Å². The summed E-state index contributed by atoms with van der Waals surface area (Å²) in [6.07, 6.45) is 5.95. The highest BCUT2D eigenvalue weighted by atomic mass is 32.1. The number of carbonyl (C=O) groups excluding carboxylic acids is 1. The van der Waals surface area contributed by atoms with Gasteiger partial charge in [-0.15, -0.1) is 11.3 Å². The Kier molecular flexibility index (Phi) is 4.76. The maximum absolute atomic E-state index is 13.6. The van der Waals surface area contributed by atoms with Crippen LogP contribution in [0.4, 0.5) is 0 Å². The molecule has 3 aromatic carbocycles. The van der Waals surface area contributed by atoms with Crippen molar-refractivity contribution in [1.29, 1.82) is 0 Å². The normalized spacial score (nSPS) is 26.5. The zero-order valence-electron chi connectivity index (χ0n) is 20.3. The number of hydrogen-bond acceptors (Lipinski definition) is 3. The molecule has 3 aliphatic rings. The number of aryl methyl sites for hydroxylation is 1. The molecule has 7 rings (SSSR count). The van der Waals surface area contributed by atoms with Crippen LogP contribution in [0.1, 0.15) is 70.3 Å². The van der Waals surface area contributed by atoms with Crippen molar-refractivity contribution in [3.8, 4) is 5.75 Å². The van der Waals surface area contributed by atoms with Gasteiger partial charge in [0.1, 0.15) is 5.75 Å². The van der Waals surface area contributed by atoms with Gasteiger partial charge in [-0.2, -0.15) is 0 Å². The van der Waals surface area contributed by atoms with Gasteiger partial charge in [-0.3, -0.25) is 4.79 Å². The summed E-state index contributed by atoms with van der Waals surface area (Å²) in [5.74, 6) is 3.10. The molecular weight excluding hydrogens is 448 g/mol. The topological polar surface area (TPSA) is 26.3 Å². The van der Waals surface area contributed by atoms with E-state index in [9.17, 15) is 4.79 Å². The van der Waals surface area contributed by atoms with E-state index in [1.807, 2.05) is 30.3 Å². The number of carbonyl (C=O) groups is 1. The van der Waals surface area contributed by atoms with Gasteiger partial charge in [-0.05, 0) is 113 Å². The molecule has 0 unspecified atom stereocenters. The first-order chi connectivity index (χ1) is 17.1. The highest BCUT2D eigenvalue weighted by Crippen LogP contribution is 2.61. The minimum Gasteiger partial charge on any atom is -0.497 e. The Morgan fingerprint density at radius 2 is 1.89 bits per heavy atom. The van der Waals surface area contributed by atoms with Crippen molar-refractivity contribution in [1.82, 2.24) is 0 Å².